The number of rotatable bonds is 8. The first-order valence-corrected chi connectivity index (χ1v) is 12.1. The van der Waals surface area contributed by atoms with E-state index in [4.69, 9.17) is 10.1 Å². The number of benzene rings is 1. The van der Waals surface area contributed by atoms with Gasteiger partial charge in [-0.1, -0.05) is 0 Å². The van der Waals surface area contributed by atoms with Crippen LogP contribution in [0.1, 0.15) is 46.1 Å². The van der Waals surface area contributed by atoms with Crippen LogP contribution in [0, 0.1) is 18.3 Å². The molecule has 1 saturated carbocycles. The first-order chi connectivity index (χ1) is 17.4. The van der Waals surface area contributed by atoms with E-state index in [1.54, 1.807) is 24.1 Å². The summed E-state index contributed by atoms with van der Waals surface area (Å²) >= 11 is 0. The Morgan fingerprint density at radius 2 is 1.92 bits per heavy atom. The molecule has 0 aliphatic heterocycles. The van der Waals surface area contributed by atoms with E-state index < -0.39 is 0 Å². The van der Waals surface area contributed by atoms with Crippen molar-refractivity contribution in [2.45, 2.75) is 32.4 Å². The van der Waals surface area contributed by atoms with E-state index in [0.29, 0.717) is 29.5 Å². The molecule has 0 saturated heterocycles. The second-order valence-corrected chi connectivity index (χ2v) is 9.41. The van der Waals surface area contributed by atoms with Gasteiger partial charge in [0.15, 0.2) is 0 Å². The van der Waals surface area contributed by atoms with E-state index in [1.807, 2.05) is 67.3 Å². The van der Waals surface area contributed by atoms with Crippen LogP contribution in [0.25, 0.3) is 11.1 Å². The lowest BCUT2D eigenvalue weighted by atomic mass is 9.99. The van der Waals surface area contributed by atoms with Crippen molar-refractivity contribution in [3.8, 4) is 17.0 Å². The van der Waals surface area contributed by atoms with Gasteiger partial charge < -0.3 is 19.2 Å². The lowest BCUT2D eigenvalue weighted by molar-refractivity contribution is 0.0930. The van der Waals surface area contributed by atoms with Gasteiger partial charge in [0.05, 0.1) is 25.4 Å². The molecule has 1 aliphatic rings. The second-order valence-electron chi connectivity index (χ2n) is 9.41. The van der Waals surface area contributed by atoms with Gasteiger partial charge in [-0.3, -0.25) is 15.2 Å². The molecule has 8 nitrogen and oxygen atoms in total. The zero-order valence-corrected chi connectivity index (χ0v) is 20.7. The number of nitrogens with zero attached hydrogens (tertiary/aromatic N) is 4. The molecule has 1 aromatic carbocycles. The molecule has 1 atom stereocenters. The summed E-state index contributed by atoms with van der Waals surface area (Å²) in [6.07, 6.45) is 9.39. The Kier molecular flexibility index (Phi) is 6.41. The molecule has 184 valence electrons. The molecule has 1 amide bonds. The van der Waals surface area contributed by atoms with Crippen molar-refractivity contribution in [1.29, 1.82) is 5.41 Å². The van der Waals surface area contributed by atoms with Gasteiger partial charge in [0.2, 0.25) is 11.5 Å². The van der Waals surface area contributed by atoms with Gasteiger partial charge in [0.1, 0.15) is 0 Å². The highest BCUT2D eigenvalue weighted by atomic mass is 16.5. The van der Waals surface area contributed by atoms with Crippen LogP contribution in [0.4, 0.5) is 0 Å². The predicted molar refractivity (Wildman–Crippen MR) is 136 cm³/mol. The Bertz CT molecular complexity index is 1470. The zero-order chi connectivity index (χ0) is 25.2. The van der Waals surface area contributed by atoms with Gasteiger partial charge in [-0.2, -0.15) is 0 Å². The number of aromatic nitrogens is 4. The fourth-order valence-electron chi connectivity index (χ4n) is 4.45. The van der Waals surface area contributed by atoms with Crippen LogP contribution in [0.3, 0.4) is 0 Å². The molecule has 4 aromatic rings. The molecule has 1 unspecified atom stereocenters. The van der Waals surface area contributed by atoms with E-state index in [9.17, 15) is 4.79 Å². The number of aryl methyl sites for hydroxylation is 2. The monoisotopic (exact) mass is 482 g/mol. The Hall–Kier alpha value is -4.20. The Morgan fingerprint density at radius 3 is 2.61 bits per heavy atom. The lowest BCUT2D eigenvalue weighted by Gasteiger charge is -2.19. The van der Waals surface area contributed by atoms with Gasteiger partial charge in [0.25, 0.3) is 5.91 Å². The third-order valence-electron chi connectivity index (χ3n) is 6.60. The summed E-state index contributed by atoms with van der Waals surface area (Å²) in [5.74, 6) is 0.777. The maximum atomic E-state index is 13.6. The van der Waals surface area contributed by atoms with Crippen LogP contribution in [0.5, 0.6) is 5.88 Å². The molecule has 5 rings (SSSR count). The van der Waals surface area contributed by atoms with E-state index in [2.05, 4.69) is 21.4 Å². The molecular formula is C28H30N6O2. The van der Waals surface area contributed by atoms with Crippen molar-refractivity contribution in [1.82, 2.24) is 24.4 Å². The second kappa shape index (κ2) is 9.81. The van der Waals surface area contributed by atoms with Crippen molar-refractivity contribution in [3.63, 3.8) is 0 Å². The highest BCUT2D eigenvalue weighted by Crippen LogP contribution is 2.40. The topological polar surface area (TPSA) is 97.8 Å². The number of pyridine rings is 2. The van der Waals surface area contributed by atoms with Gasteiger partial charge in [0, 0.05) is 43.5 Å². The molecule has 2 N–H and O–H groups in total. The number of amides is 1. The fraction of sp³-hybridized carbons (Fsp3) is 0.286. The van der Waals surface area contributed by atoms with Crippen LogP contribution in [-0.4, -0.2) is 32.1 Å². The van der Waals surface area contributed by atoms with Gasteiger partial charge in [-0.25, -0.2) is 4.98 Å². The van der Waals surface area contributed by atoms with Crippen LogP contribution >= 0.6 is 0 Å². The molecule has 1 fully saturated rings. The lowest BCUT2D eigenvalue weighted by Crippen LogP contribution is -2.30. The minimum absolute atomic E-state index is 0.117. The first kappa shape index (κ1) is 23.5. The number of nitrogens with one attached hydrogen (secondary N) is 2. The molecule has 8 heteroatoms. The molecule has 0 bridgehead atoms. The highest BCUT2D eigenvalue weighted by molar-refractivity contribution is 5.96. The molecule has 0 spiro atoms. The number of hydrogen-bond acceptors (Lipinski definition) is 5. The average Bonchev–Trinajstić information content (AvgIpc) is 3.69. The molecular weight excluding hydrogens is 452 g/mol. The van der Waals surface area contributed by atoms with E-state index in [-0.39, 0.29) is 11.9 Å². The quantitative estimate of drug-likeness (QED) is 0.397. The van der Waals surface area contributed by atoms with Crippen molar-refractivity contribution >= 4 is 5.91 Å². The number of ether oxygens (including phenoxy) is 1. The van der Waals surface area contributed by atoms with E-state index in [0.717, 1.165) is 40.8 Å². The molecule has 0 radical (unpaired) electrons. The number of methoxy groups -OCH3 is 1. The van der Waals surface area contributed by atoms with Crippen LogP contribution < -0.4 is 15.7 Å². The van der Waals surface area contributed by atoms with E-state index >= 15 is 0 Å². The largest absolute Gasteiger partial charge is 0.481 e. The average molecular weight is 483 g/mol. The Balaban J connectivity index is 1.51. The third kappa shape index (κ3) is 5.07. The summed E-state index contributed by atoms with van der Waals surface area (Å²) in [6, 6.07) is 13.5. The van der Waals surface area contributed by atoms with Crippen LogP contribution in [0.2, 0.25) is 0 Å². The fourth-order valence-corrected chi connectivity index (χ4v) is 4.45. The van der Waals surface area contributed by atoms with Crippen molar-refractivity contribution < 1.29 is 9.53 Å². The number of imidazole rings is 1. The van der Waals surface area contributed by atoms with E-state index in [1.165, 1.54) is 0 Å². The van der Waals surface area contributed by atoms with Crippen molar-refractivity contribution in [2.75, 3.05) is 7.11 Å². The zero-order valence-electron chi connectivity index (χ0n) is 20.7. The maximum absolute atomic E-state index is 13.6. The third-order valence-corrected chi connectivity index (χ3v) is 6.60. The highest BCUT2D eigenvalue weighted by Gasteiger charge is 2.34. The molecule has 3 heterocycles. The number of carbonyl (C=O) groups excluding carboxylic acids is 1. The summed E-state index contributed by atoms with van der Waals surface area (Å²) in [5.41, 5.74) is 5.70. The molecule has 1 aliphatic carbocycles. The minimum atomic E-state index is -0.136. The number of hydrogen-bond donors (Lipinski definition) is 2. The minimum Gasteiger partial charge on any atom is -0.481 e. The van der Waals surface area contributed by atoms with Crippen LogP contribution in [-0.2, 0) is 13.6 Å². The summed E-state index contributed by atoms with van der Waals surface area (Å²) in [5, 5.41) is 11.6. The maximum Gasteiger partial charge on any atom is 0.251 e. The van der Waals surface area contributed by atoms with Gasteiger partial charge in [-0.05, 0) is 84.3 Å². The SMILES string of the molecule is COc1cc(-c2cc(Cn3ccn(C)c3=N)cc(C(=O)NC(c3cc(C)ccn3)C3CC3)c2)ccn1. The standard InChI is InChI=1S/C28H30N6O2/c1-18-6-8-30-24(12-18)26(20-4-5-20)32-27(35)23-14-19(17-34-11-10-33(2)28(34)29)13-22(15-23)21-7-9-31-25(16-21)36-3/h6-16,20,26,29H,4-5,17H2,1-3H3,(H,32,35). The molecule has 36 heavy (non-hydrogen) atoms. The Morgan fingerprint density at radius 1 is 1.11 bits per heavy atom. The van der Waals surface area contributed by atoms with Crippen molar-refractivity contribution in [3.05, 3.63) is 95.3 Å². The van der Waals surface area contributed by atoms with Crippen LogP contribution in [0.15, 0.2) is 67.3 Å². The normalized spacial score (nSPS) is 13.9. The first-order valence-electron chi connectivity index (χ1n) is 12.1. The Labute approximate surface area is 210 Å². The predicted octanol–water partition coefficient (Wildman–Crippen LogP) is 4.01. The van der Waals surface area contributed by atoms with Crippen molar-refractivity contribution in [2.24, 2.45) is 13.0 Å². The summed E-state index contributed by atoms with van der Waals surface area (Å²) in [6.45, 7) is 2.51. The summed E-state index contributed by atoms with van der Waals surface area (Å²) in [7, 11) is 3.43. The summed E-state index contributed by atoms with van der Waals surface area (Å²) < 4.78 is 8.91. The summed E-state index contributed by atoms with van der Waals surface area (Å²) in [4.78, 5) is 22.4. The number of carbonyl (C=O) groups is 1. The molecule has 3 aromatic heterocycles. The smallest absolute Gasteiger partial charge is 0.251 e. The van der Waals surface area contributed by atoms with Gasteiger partial charge >= 0.3 is 0 Å². The van der Waals surface area contributed by atoms with Gasteiger partial charge in [-0.15, -0.1) is 0 Å².